The Balaban J connectivity index is 2.11. The Morgan fingerprint density at radius 3 is 2.33 bits per heavy atom. The molecule has 0 spiro atoms. The van der Waals surface area contributed by atoms with E-state index >= 15 is 0 Å². The number of nitrogens with one attached hydrogen (secondary N) is 1. The van der Waals surface area contributed by atoms with Gasteiger partial charge >= 0.3 is 0 Å². The molecule has 1 atom stereocenters. The van der Waals surface area contributed by atoms with Crippen molar-refractivity contribution >= 4 is 0 Å². The lowest BCUT2D eigenvalue weighted by atomic mass is 10.1. The predicted octanol–water partition coefficient (Wildman–Crippen LogP) is 5.32. The van der Waals surface area contributed by atoms with Crippen LogP contribution in [0.25, 0.3) is 0 Å². The van der Waals surface area contributed by atoms with Gasteiger partial charge in [0, 0.05) is 11.6 Å². The van der Waals surface area contributed by atoms with Crippen molar-refractivity contribution in [3.63, 3.8) is 0 Å². The summed E-state index contributed by atoms with van der Waals surface area (Å²) in [6, 6.07) is 4.08. The molecule has 1 aromatic rings. The van der Waals surface area contributed by atoms with Gasteiger partial charge in [-0.15, -0.1) is 0 Å². The van der Waals surface area contributed by atoms with E-state index in [1.165, 1.54) is 63.1 Å². The lowest BCUT2D eigenvalue weighted by Gasteiger charge is -2.15. The van der Waals surface area contributed by atoms with Crippen molar-refractivity contribution in [1.29, 1.82) is 0 Å². The molecule has 0 fully saturated rings. The molecule has 0 aliphatic heterocycles. The highest BCUT2D eigenvalue weighted by molar-refractivity contribution is 5.34. The molecule has 21 heavy (non-hydrogen) atoms. The van der Waals surface area contributed by atoms with Gasteiger partial charge in [-0.25, -0.2) is 4.39 Å². The fourth-order valence-corrected chi connectivity index (χ4v) is 2.56. The van der Waals surface area contributed by atoms with E-state index in [0.29, 0.717) is 5.56 Å². The van der Waals surface area contributed by atoms with Crippen LogP contribution in [0, 0.1) is 5.82 Å². The summed E-state index contributed by atoms with van der Waals surface area (Å²) in [6.45, 7) is 5.11. The highest BCUT2D eigenvalue weighted by atomic mass is 19.1. The number of hydrogen-bond acceptors (Lipinski definition) is 2. The van der Waals surface area contributed by atoms with Gasteiger partial charge < -0.3 is 10.4 Å². The van der Waals surface area contributed by atoms with Crippen molar-refractivity contribution in [2.75, 3.05) is 6.54 Å². The van der Waals surface area contributed by atoms with Crippen molar-refractivity contribution in [1.82, 2.24) is 5.32 Å². The Morgan fingerprint density at radius 2 is 1.67 bits per heavy atom. The molecular weight excluding hydrogens is 265 g/mol. The van der Waals surface area contributed by atoms with E-state index < -0.39 is 0 Å². The number of aromatic hydroxyl groups is 1. The van der Waals surface area contributed by atoms with E-state index in [0.717, 1.165) is 13.0 Å². The van der Waals surface area contributed by atoms with Gasteiger partial charge in [0.05, 0.1) is 0 Å². The molecule has 3 heteroatoms. The van der Waals surface area contributed by atoms with Crippen LogP contribution >= 0.6 is 0 Å². The Bertz CT molecular complexity index is 395. The van der Waals surface area contributed by atoms with Crippen LogP contribution in [-0.2, 0) is 0 Å². The third kappa shape index (κ3) is 7.47. The molecule has 2 N–H and O–H groups in total. The van der Waals surface area contributed by atoms with E-state index in [2.05, 4.69) is 12.2 Å². The molecule has 0 bridgehead atoms. The summed E-state index contributed by atoms with van der Waals surface area (Å²) in [7, 11) is 0. The van der Waals surface area contributed by atoms with Crippen LogP contribution in [0.3, 0.4) is 0 Å². The summed E-state index contributed by atoms with van der Waals surface area (Å²) in [6.07, 6.45) is 10.4. The van der Waals surface area contributed by atoms with Crippen molar-refractivity contribution < 1.29 is 9.50 Å². The molecule has 0 aliphatic carbocycles. The lowest BCUT2D eigenvalue weighted by molar-refractivity contribution is 0.446. The van der Waals surface area contributed by atoms with Crippen molar-refractivity contribution in [2.45, 2.75) is 71.3 Å². The zero-order valence-corrected chi connectivity index (χ0v) is 13.5. The van der Waals surface area contributed by atoms with E-state index in [9.17, 15) is 9.50 Å². The Labute approximate surface area is 128 Å². The third-order valence-corrected chi connectivity index (χ3v) is 3.94. The molecule has 0 saturated carbocycles. The second-order valence-electron chi connectivity index (χ2n) is 5.85. The topological polar surface area (TPSA) is 32.3 Å². The van der Waals surface area contributed by atoms with E-state index in [1.807, 2.05) is 6.92 Å². The Kier molecular flexibility index (Phi) is 9.07. The maximum atomic E-state index is 13.2. The minimum absolute atomic E-state index is 0.0229. The Hall–Kier alpha value is -1.09. The zero-order valence-electron chi connectivity index (χ0n) is 13.5. The molecule has 2 nitrogen and oxygen atoms in total. The van der Waals surface area contributed by atoms with Crippen LogP contribution in [0.1, 0.15) is 76.8 Å². The van der Waals surface area contributed by atoms with Crippen molar-refractivity contribution in [2.24, 2.45) is 0 Å². The standard InChI is InChI=1S/C18H30FNO/c1-3-4-5-6-7-8-9-10-13-20-15(2)17-14-16(19)11-12-18(17)21/h11-12,14-15,20-21H,3-10,13H2,1-2H3. The quantitative estimate of drug-likeness (QED) is 0.541. The van der Waals surface area contributed by atoms with Gasteiger partial charge in [0.1, 0.15) is 11.6 Å². The van der Waals surface area contributed by atoms with Crippen LogP contribution in [0.15, 0.2) is 18.2 Å². The van der Waals surface area contributed by atoms with Crippen LogP contribution in [0.5, 0.6) is 5.75 Å². The molecule has 1 aromatic carbocycles. The highest BCUT2D eigenvalue weighted by Crippen LogP contribution is 2.24. The summed E-state index contributed by atoms with van der Waals surface area (Å²) >= 11 is 0. The maximum absolute atomic E-state index is 13.2. The normalized spacial score (nSPS) is 12.5. The van der Waals surface area contributed by atoms with E-state index in [-0.39, 0.29) is 17.6 Å². The van der Waals surface area contributed by atoms with Crippen molar-refractivity contribution in [3.05, 3.63) is 29.6 Å². The predicted molar refractivity (Wildman–Crippen MR) is 87.1 cm³/mol. The minimum atomic E-state index is -0.302. The second kappa shape index (κ2) is 10.6. The number of phenolic OH excluding ortho intramolecular Hbond substituents is 1. The monoisotopic (exact) mass is 295 g/mol. The first-order valence-electron chi connectivity index (χ1n) is 8.37. The average molecular weight is 295 g/mol. The maximum Gasteiger partial charge on any atom is 0.123 e. The van der Waals surface area contributed by atoms with Crippen LogP contribution in [0.2, 0.25) is 0 Å². The molecule has 1 unspecified atom stereocenters. The summed E-state index contributed by atoms with van der Waals surface area (Å²) < 4.78 is 13.2. The van der Waals surface area contributed by atoms with Gasteiger partial charge in [-0.1, -0.05) is 51.9 Å². The molecule has 0 saturated heterocycles. The number of rotatable bonds is 11. The smallest absolute Gasteiger partial charge is 0.123 e. The van der Waals surface area contributed by atoms with Crippen LogP contribution in [-0.4, -0.2) is 11.7 Å². The lowest BCUT2D eigenvalue weighted by Crippen LogP contribution is -2.20. The van der Waals surface area contributed by atoms with Gasteiger partial charge in [0.25, 0.3) is 0 Å². The van der Waals surface area contributed by atoms with Crippen molar-refractivity contribution in [3.8, 4) is 5.75 Å². The first kappa shape index (κ1) is 18.0. The minimum Gasteiger partial charge on any atom is -0.508 e. The highest BCUT2D eigenvalue weighted by Gasteiger charge is 2.10. The third-order valence-electron chi connectivity index (χ3n) is 3.94. The molecule has 0 aliphatic rings. The summed E-state index contributed by atoms with van der Waals surface area (Å²) in [5, 5.41) is 13.1. The molecule has 1 rings (SSSR count). The fourth-order valence-electron chi connectivity index (χ4n) is 2.56. The van der Waals surface area contributed by atoms with Gasteiger partial charge in [0.2, 0.25) is 0 Å². The number of benzene rings is 1. The largest absolute Gasteiger partial charge is 0.508 e. The van der Waals surface area contributed by atoms with Crippen LogP contribution < -0.4 is 5.32 Å². The molecule has 0 heterocycles. The second-order valence-corrected chi connectivity index (χ2v) is 5.85. The summed E-state index contributed by atoms with van der Waals surface area (Å²) in [5.41, 5.74) is 0.634. The zero-order chi connectivity index (χ0) is 15.5. The van der Waals surface area contributed by atoms with Gasteiger partial charge in [-0.3, -0.25) is 0 Å². The molecule has 0 amide bonds. The van der Waals surface area contributed by atoms with E-state index in [4.69, 9.17) is 0 Å². The average Bonchev–Trinajstić information content (AvgIpc) is 2.48. The van der Waals surface area contributed by atoms with Gasteiger partial charge in [0.15, 0.2) is 0 Å². The number of phenols is 1. The van der Waals surface area contributed by atoms with Gasteiger partial charge in [-0.05, 0) is 38.1 Å². The molecule has 120 valence electrons. The Morgan fingerprint density at radius 1 is 1.05 bits per heavy atom. The first-order chi connectivity index (χ1) is 10.1. The summed E-state index contributed by atoms with van der Waals surface area (Å²) in [5.74, 6) is -0.143. The molecule has 0 radical (unpaired) electrons. The molecular formula is C18H30FNO. The number of hydrogen-bond donors (Lipinski definition) is 2. The van der Waals surface area contributed by atoms with Gasteiger partial charge in [-0.2, -0.15) is 0 Å². The first-order valence-corrected chi connectivity index (χ1v) is 8.37. The van der Waals surface area contributed by atoms with Crippen LogP contribution in [0.4, 0.5) is 4.39 Å². The SMILES string of the molecule is CCCCCCCCCCNC(C)c1cc(F)ccc1O. The molecule has 0 aromatic heterocycles. The number of unbranched alkanes of at least 4 members (excludes halogenated alkanes) is 7. The number of halogens is 1. The van der Waals surface area contributed by atoms with E-state index in [1.54, 1.807) is 0 Å². The summed E-state index contributed by atoms with van der Waals surface area (Å²) in [4.78, 5) is 0. The fraction of sp³-hybridized carbons (Fsp3) is 0.667.